The van der Waals surface area contributed by atoms with E-state index in [0.29, 0.717) is 7.85 Å². The zero-order valence-corrected chi connectivity index (χ0v) is 8.66. The van der Waals surface area contributed by atoms with Crippen molar-refractivity contribution in [3.05, 3.63) is 0 Å². The van der Waals surface area contributed by atoms with E-state index in [0.717, 1.165) is 6.42 Å². The monoisotopic (exact) mass is 338 g/mol. The predicted molar refractivity (Wildman–Crippen MR) is 50.9 cm³/mol. The molecule has 1 nitrogen and oxygen atoms in total. The second-order valence-corrected chi connectivity index (χ2v) is 5.14. The Hall–Kier alpha value is 1.42. The molecule has 8 heavy (non-hydrogen) atoms. The Balaban J connectivity index is 2.44. The quantitative estimate of drug-likeness (QED) is 0.527. The summed E-state index contributed by atoms with van der Waals surface area (Å²) in [6.07, 6.45) is 2.16. The van der Waals surface area contributed by atoms with Crippen molar-refractivity contribution in [3.8, 4) is 0 Å². The first-order valence-electron chi connectivity index (χ1n) is 2.68. The van der Waals surface area contributed by atoms with E-state index in [1.807, 2.05) is 0 Å². The molecule has 0 saturated heterocycles. The summed E-state index contributed by atoms with van der Waals surface area (Å²) in [4.78, 5) is 0. The summed E-state index contributed by atoms with van der Waals surface area (Å²) in [7, 11) is 0. The van der Waals surface area contributed by atoms with Gasteiger partial charge >= 0.3 is 0 Å². The van der Waals surface area contributed by atoms with Gasteiger partial charge in [0.05, 0.1) is 6.10 Å². The Morgan fingerprint density at radius 2 is 1.88 bits per heavy atom. The lowest BCUT2D eigenvalue weighted by atomic mass is 10.3. The van der Waals surface area contributed by atoms with Crippen LogP contribution in [0.25, 0.3) is 0 Å². The second-order valence-electron chi connectivity index (χ2n) is 2.11. The van der Waals surface area contributed by atoms with Crippen LogP contribution in [0, 0.1) is 0 Å². The van der Waals surface area contributed by atoms with Crippen LogP contribution in [-0.2, 0) is 0 Å². The van der Waals surface area contributed by atoms with Crippen molar-refractivity contribution >= 4 is 45.2 Å². The summed E-state index contributed by atoms with van der Waals surface area (Å²) < 4.78 is 1.19. The van der Waals surface area contributed by atoms with Gasteiger partial charge in [-0.25, -0.2) is 0 Å². The molecule has 48 valence electrons. The molecule has 0 amide bonds. The first kappa shape index (κ1) is 7.53. The van der Waals surface area contributed by atoms with E-state index in [9.17, 15) is 0 Å². The van der Waals surface area contributed by atoms with Gasteiger partial charge in [0.2, 0.25) is 0 Å². The van der Waals surface area contributed by atoms with Gasteiger partial charge in [0, 0.05) is 7.85 Å². The molecule has 1 N–H and O–H groups in total. The number of alkyl halides is 2. The van der Waals surface area contributed by atoms with Gasteiger partial charge in [-0.3, -0.25) is 0 Å². The molecule has 1 rings (SSSR count). The highest BCUT2D eigenvalue weighted by molar-refractivity contribution is 14.1. The molecule has 0 aromatic heterocycles. The van der Waals surface area contributed by atoms with Crippen molar-refractivity contribution in [1.82, 2.24) is 0 Å². The molecule has 0 radical (unpaired) electrons. The molecule has 0 aromatic rings. The van der Waals surface area contributed by atoms with Gasteiger partial charge in [-0.1, -0.05) is 45.2 Å². The van der Waals surface area contributed by atoms with E-state index < -0.39 is 0 Å². The van der Waals surface area contributed by atoms with Gasteiger partial charge in [0.1, 0.15) is 0 Å². The highest BCUT2D eigenvalue weighted by Gasteiger charge is 2.30. The minimum atomic E-state index is -0.0301. The smallest absolute Gasteiger partial charge is 0.0668 e. The van der Waals surface area contributed by atoms with E-state index in [2.05, 4.69) is 45.2 Å². The third-order valence-corrected chi connectivity index (χ3v) is 5.92. The maximum atomic E-state index is 9.16. The molecule has 1 saturated carbocycles. The Labute approximate surface area is 76.5 Å². The van der Waals surface area contributed by atoms with Gasteiger partial charge in [-0.05, 0) is 12.8 Å². The van der Waals surface area contributed by atoms with Crippen LogP contribution in [0.3, 0.4) is 0 Å². The molecule has 3 atom stereocenters. The summed E-state index contributed by atoms with van der Waals surface area (Å²) in [6.45, 7) is 0. The van der Waals surface area contributed by atoms with E-state index in [-0.39, 0.29) is 6.10 Å². The second kappa shape index (κ2) is 3.01. The SMILES string of the molecule is O[C@@H]1CC[C@@H](I)C1I. The van der Waals surface area contributed by atoms with Crippen molar-refractivity contribution < 1.29 is 5.11 Å². The number of aliphatic hydroxyl groups excluding tert-OH is 1. The average molecular weight is 338 g/mol. The molecule has 1 unspecified atom stereocenters. The molecule has 0 spiro atoms. The van der Waals surface area contributed by atoms with Crippen LogP contribution in [0.5, 0.6) is 0 Å². The fraction of sp³-hybridized carbons (Fsp3) is 1.00. The number of hydrogen-bond donors (Lipinski definition) is 1. The zero-order valence-electron chi connectivity index (χ0n) is 4.35. The van der Waals surface area contributed by atoms with Crippen LogP contribution < -0.4 is 0 Å². The molecule has 3 heteroatoms. The largest absolute Gasteiger partial charge is 0.392 e. The molecule has 0 heterocycles. The molecule has 0 bridgehead atoms. The van der Waals surface area contributed by atoms with E-state index >= 15 is 0 Å². The maximum absolute atomic E-state index is 9.16. The van der Waals surface area contributed by atoms with Gasteiger partial charge in [0.15, 0.2) is 0 Å². The summed E-state index contributed by atoms with van der Waals surface area (Å²) in [5, 5.41) is 9.16. The molecule has 1 aliphatic rings. The molecule has 0 aliphatic heterocycles. The summed E-state index contributed by atoms with van der Waals surface area (Å²) >= 11 is 4.73. The van der Waals surface area contributed by atoms with Crippen molar-refractivity contribution in [2.45, 2.75) is 26.8 Å². The van der Waals surface area contributed by atoms with Crippen LogP contribution >= 0.6 is 45.2 Å². The fourth-order valence-corrected chi connectivity index (χ4v) is 2.45. The Bertz CT molecular complexity index is 76.5. The van der Waals surface area contributed by atoms with E-state index in [1.165, 1.54) is 6.42 Å². The van der Waals surface area contributed by atoms with Crippen LogP contribution in [0.2, 0.25) is 0 Å². The topological polar surface area (TPSA) is 20.2 Å². The summed E-state index contributed by atoms with van der Waals surface area (Å²) in [6, 6.07) is 0. The molecule has 1 fully saturated rings. The molecule has 1 aliphatic carbocycles. The minimum Gasteiger partial charge on any atom is -0.392 e. The Morgan fingerprint density at radius 1 is 1.25 bits per heavy atom. The van der Waals surface area contributed by atoms with Crippen LogP contribution in [0.4, 0.5) is 0 Å². The standard InChI is InChI=1S/C5H8I2O/c6-3-1-2-4(8)5(3)7/h3-5,8H,1-2H2/t3-,4-,5?/m1/s1. The van der Waals surface area contributed by atoms with Gasteiger partial charge in [-0.15, -0.1) is 0 Å². The number of halogens is 2. The third-order valence-electron chi connectivity index (χ3n) is 1.45. The van der Waals surface area contributed by atoms with Crippen molar-refractivity contribution in [2.75, 3.05) is 0 Å². The van der Waals surface area contributed by atoms with Crippen molar-refractivity contribution in [2.24, 2.45) is 0 Å². The Morgan fingerprint density at radius 3 is 2.00 bits per heavy atom. The molecular weight excluding hydrogens is 330 g/mol. The molecular formula is C5H8I2O. The third kappa shape index (κ3) is 1.47. The number of aliphatic hydroxyl groups is 1. The number of rotatable bonds is 0. The van der Waals surface area contributed by atoms with E-state index in [1.54, 1.807) is 0 Å². The maximum Gasteiger partial charge on any atom is 0.0668 e. The summed E-state index contributed by atoms with van der Waals surface area (Å²) in [5.41, 5.74) is 0. The molecule has 0 aromatic carbocycles. The van der Waals surface area contributed by atoms with Crippen LogP contribution in [0.15, 0.2) is 0 Å². The average Bonchev–Trinajstić information content (AvgIpc) is 1.98. The predicted octanol–water partition coefficient (Wildman–Crippen LogP) is 1.75. The first-order valence-corrected chi connectivity index (χ1v) is 5.17. The zero-order chi connectivity index (χ0) is 6.15. The van der Waals surface area contributed by atoms with Crippen molar-refractivity contribution in [3.63, 3.8) is 0 Å². The van der Waals surface area contributed by atoms with Crippen LogP contribution in [0.1, 0.15) is 12.8 Å². The highest BCUT2D eigenvalue weighted by Crippen LogP contribution is 2.32. The minimum absolute atomic E-state index is 0.0301. The van der Waals surface area contributed by atoms with Gasteiger partial charge < -0.3 is 5.11 Å². The highest BCUT2D eigenvalue weighted by atomic mass is 127. The summed E-state index contributed by atoms with van der Waals surface area (Å²) in [5.74, 6) is 0. The lowest BCUT2D eigenvalue weighted by Crippen LogP contribution is -2.17. The first-order chi connectivity index (χ1) is 3.72. The van der Waals surface area contributed by atoms with Crippen molar-refractivity contribution in [1.29, 1.82) is 0 Å². The number of hydrogen-bond acceptors (Lipinski definition) is 1. The van der Waals surface area contributed by atoms with Gasteiger partial charge in [-0.2, -0.15) is 0 Å². The normalized spacial score (nSPS) is 47.6. The lowest BCUT2D eigenvalue weighted by molar-refractivity contribution is 0.192. The lowest BCUT2D eigenvalue weighted by Gasteiger charge is -2.07. The fourth-order valence-electron chi connectivity index (χ4n) is 0.889. The van der Waals surface area contributed by atoms with E-state index in [4.69, 9.17) is 5.11 Å². The van der Waals surface area contributed by atoms with Gasteiger partial charge in [0.25, 0.3) is 0 Å². The van der Waals surface area contributed by atoms with Crippen LogP contribution in [-0.4, -0.2) is 19.1 Å². The Kier molecular flexibility index (Phi) is 2.83.